The highest BCUT2D eigenvalue weighted by molar-refractivity contribution is 7.85. The van der Waals surface area contributed by atoms with E-state index in [1.165, 1.54) is 19.3 Å². The van der Waals surface area contributed by atoms with Crippen LogP contribution in [0.15, 0.2) is 29.2 Å². The van der Waals surface area contributed by atoms with Crippen molar-refractivity contribution in [2.75, 3.05) is 41.7 Å². The molecule has 2 aromatic rings. The monoisotopic (exact) mass is 446 g/mol. The molecule has 160 valence electrons. The van der Waals surface area contributed by atoms with Crippen molar-refractivity contribution >= 4 is 34.2 Å². The highest BCUT2D eigenvalue weighted by Crippen LogP contribution is 2.34. The first kappa shape index (κ1) is 20.1. The minimum absolute atomic E-state index is 0.186. The third-order valence-corrected chi connectivity index (χ3v) is 7.86. The Balaban J connectivity index is 1.31. The predicted octanol–water partition coefficient (Wildman–Crippen LogP) is 3.83. The van der Waals surface area contributed by atoms with Crippen molar-refractivity contribution in [2.45, 2.75) is 49.5 Å². The molecule has 6 nitrogen and oxygen atoms in total. The van der Waals surface area contributed by atoms with Crippen LogP contribution in [0, 0.1) is 0 Å². The molecule has 3 aliphatic rings. The van der Waals surface area contributed by atoms with Crippen molar-refractivity contribution in [1.82, 2.24) is 9.97 Å². The quantitative estimate of drug-likeness (QED) is 0.711. The van der Waals surface area contributed by atoms with Crippen molar-refractivity contribution in [3.63, 3.8) is 0 Å². The minimum Gasteiger partial charge on any atom is -0.490 e. The molecule has 0 saturated carbocycles. The number of piperidine rings is 2. The Bertz CT molecular complexity index is 925. The lowest BCUT2D eigenvalue weighted by Gasteiger charge is -2.34. The number of rotatable bonds is 4. The molecule has 3 aliphatic heterocycles. The van der Waals surface area contributed by atoms with E-state index >= 15 is 0 Å². The average Bonchev–Trinajstić information content (AvgIpc) is 3.17. The summed E-state index contributed by atoms with van der Waals surface area (Å²) in [5, 5.41) is 0.719. The lowest BCUT2D eigenvalue weighted by atomic mass is 10.1. The second-order valence-corrected chi connectivity index (χ2v) is 10.2. The Morgan fingerprint density at radius 1 is 0.967 bits per heavy atom. The predicted molar refractivity (Wildman–Crippen MR) is 120 cm³/mol. The third kappa shape index (κ3) is 4.14. The van der Waals surface area contributed by atoms with E-state index in [0.29, 0.717) is 5.75 Å². The van der Waals surface area contributed by atoms with E-state index in [2.05, 4.69) is 9.80 Å². The number of ether oxygens (including phenoxy) is 1. The van der Waals surface area contributed by atoms with E-state index < -0.39 is 10.8 Å². The molecule has 0 amide bonds. The maximum absolute atomic E-state index is 12.6. The summed E-state index contributed by atoms with van der Waals surface area (Å²) in [4.78, 5) is 15.3. The lowest BCUT2D eigenvalue weighted by Crippen LogP contribution is -2.40. The van der Waals surface area contributed by atoms with Crippen molar-refractivity contribution in [2.24, 2.45) is 0 Å². The molecule has 1 aromatic heterocycles. The van der Waals surface area contributed by atoms with E-state index in [4.69, 9.17) is 26.3 Å². The SMILES string of the molecule is O=[S@@]1CCc2nc(N3CCC(Oc4ccc(Cl)cc4)CC3)nc(N3CCCCC3)c21. The number of benzene rings is 1. The van der Waals surface area contributed by atoms with E-state index in [1.807, 2.05) is 24.3 Å². The zero-order chi connectivity index (χ0) is 20.5. The molecule has 0 spiro atoms. The van der Waals surface area contributed by atoms with Gasteiger partial charge in [0.1, 0.15) is 16.7 Å². The normalized spacial score (nSPS) is 22.2. The minimum atomic E-state index is -0.969. The van der Waals surface area contributed by atoms with Gasteiger partial charge in [0.05, 0.1) is 16.5 Å². The van der Waals surface area contributed by atoms with Gasteiger partial charge in [-0.05, 0) is 43.5 Å². The Kier molecular flexibility index (Phi) is 5.83. The summed E-state index contributed by atoms with van der Waals surface area (Å²) >= 11 is 5.96. The third-order valence-electron chi connectivity index (χ3n) is 6.15. The summed E-state index contributed by atoms with van der Waals surface area (Å²) in [7, 11) is -0.969. The van der Waals surface area contributed by atoms with Crippen LogP contribution in [0.5, 0.6) is 5.75 Å². The zero-order valence-electron chi connectivity index (χ0n) is 17.1. The molecule has 30 heavy (non-hydrogen) atoms. The molecule has 4 heterocycles. The van der Waals surface area contributed by atoms with Crippen LogP contribution in [0.1, 0.15) is 37.8 Å². The van der Waals surface area contributed by atoms with Crippen LogP contribution < -0.4 is 14.5 Å². The molecule has 5 rings (SSSR count). The van der Waals surface area contributed by atoms with Crippen molar-refractivity contribution in [1.29, 1.82) is 0 Å². The number of fused-ring (bicyclic) bond motifs is 1. The molecule has 1 atom stereocenters. The Labute approximate surface area is 185 Å². The Morgan fingerprint density at radius 3 is 2.43 bits per heavy atom. The summed E-state index contributed by atoms with van der Waals surface area (Å²) in [5.41, 5.74) is 0.985. The fraction of sp³-hybridized carbons (Fsp3) is 0.545. The topological polar surface area (TPSA) is 58.6 Å². The van der Waals surface area contributed by atoms with Gasteiger partial charge in [-0.15, -0.1) is 0 Å². The van der Waals surface area contributed by atoms with Crippen LogP contribution in [0.3, 0.4) is 0 Å². The van der Waals surface area contributed by atoms with Gasteiger partial charge in [0.25, 0.3) is 0 Å². The largest absolute Gasteiger partial charge is 0.490 e. The van der Waals surface area contributed by atoms with Crippen LogP contribution >= 0.6 is 11.6 Å². The van der Waals surface area contributed by atoms with Crippen molar-refractivity contribution in [3.8, 4) is 5.75 Å². The van der Waals surface area contributed by atoms with Crippen LogP contribution in [-0.2, 0) is 17.2 Å². The van der Waals surface area contributed by atoms with Gasteiger partial charge in [-0.2, -0.15) is 4.98 Å². The summed E-state index contributed by atoms with van der Waals surface area (Å²) < 4.78 is 18.7. The van der Waals surface area contributed by atoms with Gasteiger partial charge in [0.15, 0.2) is 5.82 Å². The fourth-order valence-electron chi connectivity index (χ4n) is 4.51. The molecule has 1 aromatic carbocycles. The number of nitrogens with zero attached hydrogens (tertiary/aromatic N) is 4. The Hall–Kier alpha value is -1.86. The molecule has 0 aliphatic carbocycles. The maximum Gasteiger partial charge on any atom is 0.227 e. The van der Waals surface area contributed by atoms with Gasteiger partial charge in [0, 0.05) is 56.2 Å². The molecule has 0 bridgehead atoms. The molecule has 0 unspecified atom stereocenters. The van der Waals surface area contributed by atoms with Gasteiger partial charge < -0.3 is 14.5 Å². The maximum atomic E-state index is 12.6. The van der Waals surface area contributed by atoms with Gasteiger partial charge in [-0.1, -0.05) is 11.6 Å². The van der Waals surface area contributed by atoms with E-state index in [-0.39, 0.29) is 6.10 Å². The average molecular weight is 447 g/mol. The molecular weight excluding hydrogens is 420 g/mol. The van der Waals surface area contributed by atoms with Gasteiger partial charge >= 0.3 is 0 Å². The summed E-state index contributed by atoms with van der Waals surface area (Å²) in [6.45, 7) is 3.72. The van der Waals surface area contributed by atoms with Crippen LogP contribution in [-0.4, -0.2) is 52.2 Å². The second kappa shape index (κ2) is 8.71. The number of halogens is 1. The standard InChI is InChI=1S/C22H27ClN4O2S/c23-16-4-6-17(7-5-16)29-18-8-13-27(14-9-18)22-24-19-10-15-30(28)20(19)21(25-22)26-11-2-1-3-12-26/h4-7,18H,1-3,8-15H2/t30-/m1/s1. The van der Waals surface area contributed by atoms with E-state index in [9.17, 15) is 4.21 Å². The molecule has 2 saturated heterocycles. The number of aromatic nitrogens is 2. The first-order valence-corrected chi connectivity index (χ1v) is 12.6. The number of aryl methyl sites for hydroxylation is 1. The highest BCUT2D eigenvalue weighted by atomic mass is 35.5. The lowest BCUT2D eigenvalue weighted by molar-refractivity contribution is 0.170. The fourth-order valence-corrected chi connectivity index (χ4v) is 6.00. The first-order chi connectivity index (χ1) is 14.7. The molecule has 2 fully saturated rings. The van der Waals surface area contributed by atoms with Crippen LogP contribution in [0.25, 0.3) is 0 Å². The summed E-state index contributed by atoms with van der Waals surface area (Å²) in [6, 6.07) is 7.56. The van der Waals surface area contributed by atoms with Gasteiger partial charge in [-0.3, -0.25) is 4.21 Å². The zero-order valence-corrected chi connectivity index (χ0v) is 18.6. The smallest absolute Gasteiger partial charge is 0.227 e. The second-order valence-electron chi connectivity index (χ2n) is 8.23. The summed E-state index contributed by atoms with van der Waals surface area (Å²) in [6.07, 6.45) is 6.44. The molecule has 0 N–H and O–H groups in total. The van der Waals surface area contributed by atoms with Gasteiger partial charge in [0.2, 0.25) is 5.95 Å². The number of hydrogen-bond donors (Lipinski definition) is 0. The van der Waals surface area contributed by atoms with Crippen LogP contribution in [0.4, 0.5) is 11.8 Å². The Morgan fingerprint density at radius 2 is 1.70 bits per heavy atom. The van der Waals surface area contributed by atoms with Crippen molar-refractivity contribution in [3.05, 3.63) is 35.0 Å². The van der Waals surface area contributed by atoms with E-state index in [0.717, 1.165) is 78.6 Å². The van der Waals surface area contributed by atoms with Gasteiger partial charge in [-0.25, -0.2) is 4.98 Å². The van der Waals surface area contributed by atoms with E-state index in [1.54, 1.807) is 0 Å². The molecular formula is C22H27ClN4O2S. The van der Waals surface area contributed by atoms with Crippen molar-refractivity contribution < 1.29 is 8.95 Å². The molecule has 8 heteroatoms. The summed E-state index contributed by atoms with van der Waals surface area (Å²) in [5.74, 6) is 3.25. The number of hydrogen-bond acceptors (Lipinski definition) is 6. The molecule has 0 radical (unpaired) electrons. The highest BCUT2D eigenvalue weighted by Gasteiger charge is 2.31. The number of anilines is 2. The first-order valence-electron chi connectivity index (χ1n) is 10.9. The van der Waals surface area contributed by atoms with Crippen LogP contribution in [0.2, 0.25) is 5.02 Å².